The third kappa shape index (κ3) is 3.83. The Labute approximate surface area is 170 Å². The van der Waals surface area contributed by atoms with Crippen LogP contribution in [0.5, 0.6) is 0 Å². The standard InChI is InChI=1S/C20H14Cl2FN3O2/c1-26(20(28)18-15(22)3-2-4-16(18)23)17-8-6-12(10-25-17)13-9-11(19(24)27)5-7-14(13)21/h2-10H,1H3,(H2,24,27). The summed E-state index contributed by atoms with van der Waals surface area (Å²) in [4.78, 5) is 29.4. The molecule has 0 aliphatic carbocycles. The van der Waals surface area contributed by atoms with E-state index in [4.69, 9.17) is 28.9 Å². The van der Waals surface area contributed by atoms with Gasteiger partial charge in [0.25, 0.3) is 5.91 Å². The highest BCUT2D eigenvalue weighted by molar-refractivity contribution is 6.34. The minimum absolute atomic E-state index is 0.0171. The zero-order chi connectivity index (χ0) is 20.4. The number of amides is 2. The molecule has 0 bridgehead atoms. The fourth-order valence-electron chi connectivity index (χ4n) is 2.62. The average molecular weight is 418 g/mol. The summed E-state index contributed by atoms with van der Waals surface area (Å²) >= 11 is 12.2. The molecule has 0 aliphatic heterocycles. The zero-order valence-corrected chi connectivity index (χ0v) is 16.1. The monoisotopic (exact) mass is 417 g/mol. The Morgan fingerprint density at radius 2 is 1.82 bits per heavy atom. The van der Waals surface area contributed by atoms with Crippen molar-refractivity contribution in [2.75, 3.05) is 11.9 Å². The van der Waals surface area contributed by atoms with Crippen LogP contribution < -0.4 is 10.6 Å². The number of hydrogen-bond acceptors (Lipinski definition) is 3. The Morgan fingerprint density at radius 3 is 2.43 bits per heavy atom. The van der Waals surface area contributed by atoms with Gasteiger partial charge < -0.3 is 5.73 Å². The van der Waals surface area contributed by atoms with E-state index in [9.17, 15) is 14.0 Å². The highest BCUT2D eigenvalue weighted by Crippen LogP contribution is 2.30. The van der Waals surface area contributed by atoms with Gasteiger partial charge >= 0.3 is 0 Å². The lowest BCUT2D eigenvalue weighted by molar-refractivity contribution is 0.0984. The number of nitrogens with zero attached hydrogens (tertiary/aromatic N) is 2. The van der Waals surface area contributed by atoms with E-state index in [-0.39, 0.29) is 16.4 Å². The number of aromatic nitrogens is 1. The molecule has 3 rings (SSSR count). The van der Waals surface area contributed by atoms with E-state index in [0.29, 0.717) is 21.7 Å². The normalized spacial score (nSPS) is 10.6. The van der Waals surface area contributed by atoms with Crippen molar-refractivity contribution in [1.82, 2.24) is 4.98 Å². The molecule has 0 saturated carbocycles. The number of halogens is 3. The van der Waals surface area contributed by atoms with Gasteiger partial charge in [0.05, 0.1) is 10.6 Å². The summed E-state index contributed by atoms with van der Waals surface area (Å²) in [6, 6.07) is 11.9. The maximum atomic E-state index is 14.0. The predicted octanol–water partition coefficient (Wildman–Crippen LogP) is 4.57. The number of hydrogen-bond donors (Lipinski definition) is 1. The summed E-state index contributed by atoms with van der Waals surface area (Å²) in [6.07, 6.45) is 1.49. The lowest BCUT2D eigenvalue weighted by Gasteiger charge is -2.18. The topological polar surface area (TPSA) is 76.3 Å². The SMILES string of the molecule is CN(C(=O)c1c(F)cccc1Cl)c1ccc(-c2cc(C(N)=O)ccc2Cl)cn1. The maximum absolute atomic E-state index is 14.0. The van der Waals surface area contributed by atoms with Crippen molar-refractivity contribution in [3.63, 3.8) is 0 Å². The quantitative estimate of drug-likeness (QED) is 0.675. The Hall–Kier alpha value is -2.96. The molecule has 0 unspecified atom stereocenters. The first-order valence-corrected chi connectivity index (χ1v) is 8.83. The van der Waals surface area contributed by atoms with Crippen LogP contribution in [0.1, 0.15) is 20.7 Å². The van der Waals surface area contributed by atoms with Crippen LogP contribution in [0.15, 0.2) is 54.7 Å². The van der Waals surface area contributed by atoms with Gasteiger partial charge in [-0.1, -0.05) is 29.3 Å². The van der Waals surface area contributed by atoms with E-state index in [2.05, 4.69) is 4.98 Å². The molecule has 2 aromatic carbocycles. The lowest BCUT2D eigenvalue weighted by atomic mass is 10.0. The van der Waals surface area contributed by atoms with Gasteiger partial charge in [-0.3, -0.25) is 14.5 Å². The first-order valence-electron chi connectivity index (χ1n) is 8.07. The van der Waals surface area contributed by atoms with Crippen molar-refractivity contribution in [2.24, 2.45) is 5.73 Å². The largest absolute Gasteiger partial charge is 0.366 e. The molecule has 142 valence electrons. The van der Waals surface area contributed by atoms with Gasteiger partial charge in [0.1, 0.15) is 11.6 Å². The van der Waals surface area contributed by atoms with Gasteiger partial charge in [-0.15, -0.1) is 0 Å². The highest BCUT2D eigenvalue weighted by atomic mass is 35.5. The second kappa shape index (κ2) is 7.96. The number of pyridine rings is 1. The van der Waals surface area contributed by atoms with Gasteiger partial charge in [-0.25, -0.2) is 9.37 Å². The summed E-state index contributed by atoms with van der Waals surface area (Å²) in [5, 5.41) is 0.436. The van der Waals surface area contributed by atoms with Crippen LogP contribution in [0, 0.1) is 5.82 Å². The molecule has 5 nitrogen and oxygen atoms in total. The minimum Gasteiger partial charge on any atom is -0.366 e. The van der Waals surface area contributed by atoms with Gasteiger partial charge in [-0.2, -0.15) is 0 Å². The molecule has 3 aromatic rings. The summed E-state index contributed by atoms with van der Waals surface area (Å²) in [5.74, 6) is -1.63. The molecule has 0 fully saturated rings. The van der Waals surface area contributed by atoms with Crippen LogP contribution in [0.25, 0.3) is 11.1 Å². The molecule has 0 aliphatic rings. The summed E-state index contributed by atoms with van der Waals surface area (Å²) in [6.45, 7) is 0. The third-order valence-electron chi connectivity index (χ3n) is 4.13. The van der Waals surface area contributed by atoms with Crippen LogP contribution >= 0.6 is 23.2 Å². The minimum atomic E-state index is -0.712. The van der Waals surface area contributed by atoms with E-state index in [1.165, 1.54) is 36.3 Å². The molecule has 1 aromatic heterocycles. The number of rotatable bonds is 4. The summed E-state index contributed by atoms with van der Waals surface area (Å²) in [7, 11) is 1.47. The average Bonchev–Trinajstić information content (AvgIpc) is 2.67. The molecule has 2 amide bonds. The maximum Gasteiger partial charge on any atom is 0.263 e. The van der Waals surface area contributed by atoms with Crippen LogP contribution in [0.3, 0.4) is 0 Å². The molecule has 0 radical (unpaired) electrons. The van der Waals surface area contributed by atoms with Crippen LogP contribution in [0.4, 0.5) is 10.2 Å². The summed E-state index contributed by atoms with van der Waals surface area (Å²) in [5.41, 5.74) is 6.59. The zero-order valence-electron chi connectivity index (χ0n) is 14.6. The fourth-order valence-corrected chi connectivity index (χ4v) is 3.09. The van der Waals surface area contributed by atoms with E-state index < -0.39 is 17.6 Å². The molecule has 0 saturated heterocycles. The molecular weight excluding hydrogens is 404 g/mol. The van der Waals surface area contributed by atoms with Crippen molar-refractivity contribution < 1.29 is 14.0 Å². The third-order valence-corrected chi connectivity index (χ3v) is 4.78. The smallest absolute Gasteiger partial charge is 0.263 e. The number of benzene rings is 2. The second-order valence-electron chi connectivity index (χ2n) is 5.92. The van der Waals surface area contributed by atoms with Crippen LogP contribution in [0.2, 0.25) is 10.0 Å². The number of primary amides is 1. The van der Waals surface area contributed by atoms with Crippen molar-refractivity contribution >= 4 is 40.8 Å². The molecule has 1 heterocycles. The van der Waals surface area contributed by atoms with Crippen molar-refractivity contribution in [3.8, 4) is 11.1 Å². The van der Waals surface area contributed by atoms with E-state index in [0.717, 1.165) is 6.07 Å². The predicted molar refractivity (Wildman–Crippen MR) is 107 cm³/mol. The molecule has 0 atom stereocenters. The van der Waals surface area contributed by atoms with E-state index in [1.54, 1.807) is 24.3 Å². The van der Waals surface area contributed by atoms with Crippen molar-refractivity contribution in [1.29, 1.82) is 0 Å². The van der Waals surface area contributed by atoms with Crippen molar-refractivity contribution in [3.05, 3.63) is 81.7 Å². The van der Waals surface area contributed by atoms with Gasteiger partial charge in [0.2, 0.25) is 5.91 Å². The first-order chi connectivity index (χ1) is 13.3. The van der Waals surface area contributed by atoms with Crippen molar-refractivity contribution in [2.45, 2.75) is 0 Å². The van der Waals surface area contributed by atoms with E-state index >= 15 is 0 Å². The molecule has 8 heteroatoms. The van der Waals surface area contributed by atoms with Gasteiger partial charge in [0.15, 0.2) is 0 Å². The van der Waals surface area contributed by atoms with Crippen LogP contribution in [-0.2, 0) is 0 Å². The molecule has 28 heavy (non-hydrogen) atoms. The number of anilines is 1. The number of nitrogens with two attached hydrogens (primary N) is 1. The molecule has 2 N–H and O–H groups in total. The fraction of sp³-hybridized carbons (Fsp3) is 0.0500. The Balaban J connectivity index is 1.92. The van der Waals surface area contributed by atoms with E-state index in [1.807, 2.05) is 0 Å². The molecular formula is C20H14Cl2FN3O2. The van der Waals surface area contributed by atoms with Gasteiger partial charge in [-0.05, 0) is 42.5 Å². The van der Waals surface area contributed by atoms with Crippen LogP contribution in [-0.4, -0.2) is 23.8 Å². The Morgan fingerprint density at radius 1 is 1.07 bits per heavy atom. The molecule has 0 spiro atoms. The first kappa shape index (κ1) is 19.8. The highest BCUT2D eigenvalue weighted by Gasteiger charge is 2.21. The lowest BCUT2D eigenvalue weighted by Crippen LogP contribution is -2.28. The summed E-state index contributed by atoms with van der Waals surface area (Å²) < 4.78 is 14.0. The van der Waals surface area contributed by atoms with Gasteiger partial charge in [0, 0.05) is 35.0 Å². The Kier molecular flexibility index (Phi) is 5.63. The number of carbonyl (C=O) groups is 2. The number of carbonyl (C=O) groups excluding carboxylic acids is 2. The second-order valence-corrected chi connectivity index (χ2v) is 6.74. The Bertz CT molecular complexity index is 1050.